The molecular formula is C24H27N3O3. The molecule has 3 rings (SSSR count). The number of allylic oxidation sites excluding steroid dienone is 1. The third-order valence-corrected chi connectivity index (χ3v) is 4.73. The second kappa shape index (κ2) is 11.1. The number of unbranched alkanes of at least 4 members (excludes halogenated alkanes) is 1. The Morgan fingerprint density at radius 2 is 1.83 bits per heavy atom. The molecule has 0 saturated heterocycles. The van der Waals surface area contributed by atoms with E-state index in [-0.39, 0.29) is 6.42 Å². The first-order chi connectivity index (χ1) is 14.7. The van der Waals surface area contributed by atoms with Gasteiger partial charge in [0.05, 0.1) is 6.42 Å². The highest BCUT2D eigenvalue weighted by atomic mass is 16.4. The summed E-state index contributed by atoms with van der Waals surface area (Å²) in [4.78, 5) is 10.5. The van der Waals surface area contributed by atoms with Crippen LogP contribution in [0.4, 0.5) is 0 Å². The molecule has 6 nitrogen and oxygen atoms in total. The van der Waals surface area contributed by atoms with Gasteiger partial charge >= 0.3 is 5.97 Å². The van der Waals surface area contributed by atoms with Gasteiger partial charge in [-0.15, -0.1) is 10.2 Å². The maximum absolute atomic E-state index is 10.5. The van der Waals surface area contributed by atoms with Crippen LogP contribution < -0.4 is 5.32 Å². The Labute approximate surface area is 176 Å². The zero-order valence-electron chi connectivity index (χ0n) is 17.2. The van der Waals surface area contributed by atoms with Crippen LogP contribution in [0.25, 0.3) is 23.1 Å². The van der Waals surface area contributed by atoms with E-state index in [2.05, 4.69) is 34.6 Å². The maximum Gasteiger partial charge on any atom is 0.304 e. The molecule has 0 aliphatic carbocycles. The molecule has 30 heavy (non-hydrogen) atoms. The van der Waals surface area contributed by atoms with Gasteiger partial charge in [-0.3, -0.25) is 4.79 Å². The van der Waals surface area contributed by atoms with E-state index in [0.29, 0.717) is 24.9 Å². The number of carbonyl (C=O) groups is 1. The summed E-state index contributed by atoms with van der Waals surface area (Å²) in [7, 11) is 0. The molecule has 0 amide bonds. The largest absolute Gasteiger partial charge is 0.481 e. The van der Waals surface area contributed by atoms with Crippen LogP contribution in [0.5, 0.6) is 0 Å². The van der Waals surface area contributed by atoms with Gasteiger partial charge in [-0.2, -0.15) is 0 Å². The van der Waals surface area contributed by atoms with Gasteiger partial charge in [0.25, 0.3) is 0 Å². The number of aromatic nitrogens is 2. The molecule has 6 heteroatoms. The Balaban J connectivity index is 1.68. The standard InChI is InChI=1S/C24H27N3O3/c1-2-3-7-21(19-8-5-4-6-9-19)16-22-26-27-24(30-22)20-12-10-18(11-13-20)17-25-15-14-23(28)29/h4-6,8-13,16,25H,2-3,7,14-15,17H2,1H3,(H,28,29)/b21-16-. The third-order valence-electron chi connectivity index (χ3n) is 4.73. The number of carboxylic acid groups (broad SMARTS) is 1. The van der Waals surface area contributed by atoms with Gasteiger partial charge in [-0.25, -0.2) is 0 Å². The molecule has 0 saturated carbocycles. The van der Waals surface area contributed by atoms with E-state index < -0.39 is 5.97 Å². The number of hydrogen-bond donors (Lipinski definition) is 2. The Bertz CT molecular complexity index is 963. The van der Waals surface area contributed by atoms with Crippen LogP contribution in [0.1, 0.15) is 49.6 Å². The molecule has 0 atom stereocenters. The number of nitrogens with one attached hydrogen (secondary N) is 1. The number of hydrogen-bond acceptors (Lipinski definition) is 5. The second-order valence-corrected chi connectivity index (χ2v) is 7.10. The molecule has 0 radical (unpaired) electrons. The van der Waals surface area contributed by atoms with E-state index in [4.69, 9.17) is 9.52 Å². The van der Waals surface area contributed by atoms with E-state index in [1.165, 1.54) is 11.1 Å². The van der Waals surface area contributed by atoms with E-state index in [9.17, 15) is 4.79 Å². The molecule has 0 unspecified atom stereocenters. The summed E-state index contributed by atoms with van der Waals surface area (Å²) in [6, 6.07) is 18.1. The van der Waals surface area contributed by atoms with Crippen LogP contribution in [0, 0.1) is 0 Å². The van der Waals surface area contributed by atoms with Crippen molar-refractivity contribution in [1.82, 2.24) is 15.5 Å². The van der Waals surface area contributed by atoms with Crippen molar-refractivity contribution >= 4 is 17.6 Å². The summed E-state index contributed by atoms with van der Waals surface area (Å²) >= 11 is 0. The number of aliphatic carboxylic acids is 1. The van der Waals surface area contributed by atoms with Crippen molar-refractivity contribution in [3.63, 3.8) is 0 Å². The molecule has 1 heterocycles. The Hall–Kier alpha value is -3.25. The average molecular weight is 405 g/mol. The van der Waals surface area contributed by atoms with Crippen molar-refractivity contribution in [2.24, 2.45) is 0 Å². The van der Waals surface area contributed by atoms with Crippen molar-refractivity contribution in [3.05, 3.63) is 71.6 Å². The predicted molar refractivity (Wildman–Crippen MR) is 118 cm³/mol. The van der Waals surface area contributed by atoms with Gasteiger partial charge in [0, 0.05) is 24.7 Å². The maximum atomic E-state index is 10.5. The minimum absolute atomic E-state index is 0.111. The van der Waals surface area contributed by atoms with E-state index in [0.717, 1.165) is 30.4 Å². The quantitative estimate of drug-likeness (QED) is 0.435. The minimum Gasteiger partial charge on any atom is -0.481 e. The number of benzene rings is 2. The molecule has 156 valence electrons. The fourth-order valence-electron chi connectivity index (χ4n) is 3.07. The Kier molecular flexibility index (Phi) is 7.92. The van der Waals surface area contributed by atoms with Gasteiger partial charge < -0.3 is 14.8 Å². The molecule has 1 aromatic heterocycles. The summed E-state index contributed by atoms with van der Waals surface area (Å²) in [5.41, 5.74) is 4.28. The molecular weight excluding hydrogens is 378 g/mol. The summed E-state index contributed by atoms with van der Waals surface area (Å²) in [5.74, 6) is 0.179. The first-order valence-electron chi connectivity index (χ1n) is 10.3. The summed E-state index contributed by atoms with van der Waals surface area (Å²) in [6.45, 7) is 3.24. The van der Waals surface area contributed by atoms with Crippen molar-refractivity contribution in [2.75, 3.05) is 6.54 Å². The predicted octanol–water partition coefficient (Wildman–Crippen LogP) is 5.03. The van der Waals surface area contributed by atoms with Gasteiger partial charge in [-0.05, 0) is 41.7 Å². The topological polar surface area (TPSA) is 88.2 Å². The lowest BCUT2D eigenvalue weighted by Crippen LogP contribution is -2.17. The minimum atomic E-state index is -0.802. The molecule has 0 spiro atoms. The molecule has 2 N–H and O–H groups in total. The van der Waals surface area contributed by atoms with Crippen molar-refractivity contribution in [3.8, 4) is 11.5 Å². The van der Waals surface area contributed by atoms with Gasteiger partial charge in [0.2, 0.25) is 11.8 Å². The van der Waals surface area contributed by atoms with Crippen LogP contribution in [0.2, 0.25) is 0 Å². The van der Waals surface area contributed by atoms with Gasteiger partial charge in [0.15, 0.2) is 0 Å². The molecule has 0 fully saturated rings. The van der Waals surface area contributed by atoms with Crippen molar-refractivity contribution in [2.45, 2.75) is 39.2 Å². The van der Waals surface area contributed by atoms with E-state index in [1.807, 2.05) is 48.5 Å². The molecule has 0 bridgehead atoms. The number of rotatable bonds is 11. The monoisotopic (exact) mass is 405 g/mol. The highest BCUT2D eigenvalue weighted by molar-refractivity contribution is 5.79. The Morgan fingerprint density at radius 1 is 1.07 bits per heavy atom. The number of carboxylic acids is 1. The lowest BCUT2D eigenvalue weighted by molar-refractivity contribution is -0.136. The van der Waals surface area contributed by atoms with Crippen molar-refractivity contribution < 1.29 is 14.3 Å². The highest BCUT2D eigenvalue weighted by Gasteiger charge is 2.09. The normalized spacial score (nSPS) is 11.6. The fraction of sp³-hybridized carbons (Fsp3) is 0.292. The zero-order chi connectivity index (χ0) is 21.2. The SMILES string of the molecule is CCCC/C(=C/c1nnc(-c2ccc(CNCCC(=O)O)cc2)o1)c1ccccc1. The lowest BCUT2D eigenvalue weighted by atomic mass is 10.00. The van der Waals surface area contributed by atoms with E-state index in [1.54, 1.807) is 0 Å². The van der Waals surface area contributed by atoms with Gasteiger partial charge in [0.1, 0.15) is 0 Å². The smallest absolute Gasteiger partial charge is 0.304 e. The Morgan fingerprint density at radius 3 is 2.53 bits per heavy atom. The fourth-order valence-corrected chi connectivity index (χ4v) is 3.07. The molecule has 0 aliphatic rings. The first kappa shape index (κ1) is 21.5. The summed E-state index contributed by atoms with van der Waals surface area (Å²) < 4.78 is 5.89. The van der Waals surface area contributed by atoms with Crippen LogP contribution in [0.15, 0.2) is 59.0 Å². The molecule has 3 aromatic rings. The highest BCUT2D eigenvalue weighted by Crippen LogP contribution is 2.25. The summed E-state index contributed by atoms with van der Waals surface area (Å²) in [6.07, 6.45) is 5.27. The second-order valence-electron chi connectivity index (χ2n) is 7.10. The van der Waals surface area contributed by atoms with Gasteiger partial charge in [-0.1, -0.05) is 55.8 Å². The van der Waals surface area contributed by atoms with Crippen LogP contribution in [0.3, 0.4) is 0 Å². The van der Waals surface area contributed by atoms with Crippen molar-refractivity contribution in [1.29, 1.82) is 0 Å². The molecule has 2 aromatic carbocycles. The third kappa shape index (κ3) is 6.39. The average Bonchev–Trinajstić information content (AvgIpc) is 3.24. The van der Waals surface area contributed by atoms with Crippen LogP contribution in [-0.4, -0.2) is 27.8 Å². The summed E-state index contributed by atoms with van der Waals surface area (Å²) in [5, 5.41) is 20.2. The first-order valence-corrected chi connectivity index (χ1v) is 10.3. The lowest BCUT2D eigenvalue weighted by Gasteiger charge is -2.06. The number of nitrogens with zero attached hydrogens (tertiary/aromatic N) is 2. The molecule has 0 aliphatic heterocycles. The zero-order valence-corrected chi connectivity index (χ0v) is 17.2. The van der Waals surface area contributed by atoms with E-state index >= 15 is 0 Å². The van der Waals surface area contributed by atoms with Crippen LogP contribution >= 0.6 is 0 Å². The van der Waals surface area contributed by atoms with Crippen LogP contribution in [-0.2, 0) is 11.3 Å².